The molecule has 0 spiro atoms. The van der Waals surface area contributed by atoms with Crippen molar-refractivity contribution < 1.29 is 0 Å². The van der Waals surface area contributed by atoms with Gasteiger partial charge < -0.3 is 5.32 Å². The molecule has 0 saturated carbocycles. The molecule has 20 heavy (non-hydrogen) atoms. The largest absolute Gasteiger partial charge is 0.354 e. The summed E-state index contributed by atoms with van der Waals surface area (Å²) >= 11 is 2.97. The summed E-state index contributed by atoms with van der Waals surface area (Å²) in [5, 5.41) is 5.63. The van der Waals surface area contributed by atoms with Crippen molar-refractivity contribution >= 4 is 29.0 Å². The Kier molecular flexibility index (Phi) is 3.88. The highest BCUT2D eigenvalue weighted by atomic mass is 32.2. The highest BCUT2D eigenvalue weighted by Crippen LogP contribution is 2.27. The van der Waals surface area contributed by atoms with Crippen LogP contribution in [-0.2, 0) is 0 Å². The highest BCUT2D eigenvalue weighted by Gasteiger charge is 2.10. The molecule has 102 valence electrons. The van der Waals surface area contributed by atoms with E-state index in [0.29, 0.717) is 17.1 Å². The monoisotopic (exact) mass is 305 g/mol. The van der Waals surface area contributed by atoms with Crippen molar-refractivity contribution in [2.24, 2.45) is 0 Å². The van der Waals surface area contributed by atoms with Crippen molar-refractivity contribution in [3.8, 4) is 5.95 Å². The number of nitrogens with one attached hydrogen (secondary N) is 1. The Bertz CT molecular complexity index is 666. The van der Waals surface area contributed by atoms with Crippen molar-refractivity contribution in [2.75, 3.05) is 11.9 Å². The van der Waals surface area contributed by atoms with E-state index in [1.165, 1.54) is 11.8 Å². The number of hydrogen-bond acceptors (Lipinski definition) is 8. The number of imidazole rings is 1. The van der Waals surface area contributed by atoms with Crippen LogP contribution >= 0.6 is 23.1 Å². The molecular formula is C11H11N7S2. The van der Waals surface area contributed by atoms with Crippen LogP contribution in [0.4, 0.5) is 5.95 Å². The molecule has 0 aliphatic heterocycles. The van der Waals surface area contributed by atoms with Gasteiger partial charge in [-0.25, -0.2) is 9.97 Å². The van der Waals surface area contributed by atoms with Crippen molar-refractivity contribution in [3.63, 3.8) is 0 Å². The zero-order valence-electron chi connectivity index (χ0n) is 10.6. The third-order valence-corrected chi connectivity index (χ3v) is 4.01. The molecule has 3 aromatic heterocycles. The molecule has 9 heteroatoms. The van der Waals surface area contributed by atoms with Crippen molar-refractivity contribution in [2.45, 2.75) is 16.4 Å². The summed E-state index contributed by atoms with van der Waals surface area (Å²) in [7, 11) is 0. The van der Waals surface area contributed by atoms with Gasteiger partial charge in [0.05, 0.1) is 0 Å². The molecule has 0 atom stereocenters. The van der Waals surface area contributed by atoms with Crippen LogP contribution < -0.4 is 5.32 Å². The molecule has 0 radical (unpaired) electrons. The summed E-state index contributed by atoms with van der Waals surface area (Å²) in [6.07, 6.45) is 6.90. The Labute approximate surface area is 123 Å². The SMILES string of the molecule is CCNc1nc(Sc2nccs2)nc(-n2ccnc2)n1. The first-order valence-electron chi connectivity index (χ1n) is 5.91. The Morgan fingerprint density at radius 1 is 1.30 bits per heavy atom. The number of hydrogen-bond donors (Lipinski definition) is 1. The lowest BCUT2D eigenvalue weighted by Crippen LogP contribution is -2.08. The molecule has 0 aliphatic rings. The van der Waals surface area contributed by atoms with Crippen LogP contribution in [0.3, 0.4) is 0 Å². The van der Waals surface area contributed by atoms with E-state index < -0.39 is 0 Å². The van der Waals surface area contributed by atoms with Gasteiger partial charge in [-0.15, -0.1) is 11.3 Å². The quantitative estimate of drug-likeness (QED) is 0.773. The Balaban J connectivity index is 1.96. The van der Waals surface area contributed by atoms with Crippen LogP contribution in [0.25, 0.3) is 5.95 Å². The molecule has 7 nitrogen and oxygen atoms in total. The molecule has 1 N–H and O–H groups in total. The van der Waals surface area contributed by atoms with Gasteiger partial charge in [-0.3, -0.25) is 4.57 Å². The van der Waals surface area contributed by atoms with E-state index in [0.717, 1.165) is 10.9 Å². The fourth-order valence-corrected chi connectivity index (χ4v) is 2.93. The van der Waals surface area contributed by atoms with Crippen molar-refractivity contribution in [3.05, 3.63) is 30.3 Å². The van der Waals surface area contributed by atoms with Gasteiger partial charge in [-0.1, -0.05) is 0 Å². The standard InChI is InChI=1S/C11H11N7S2/c1-2-13-8-15-9(18-5-3-12-7-18)17-10(16-8)20-11-14-4-6-19-11/h3-7H,2H2,1H3,(H,13,15,16,17). The third-order valence-electron chi connectivity index (χ3n) is 2.26. The van der Waals surface area contributed by atoms with E-state index in [2.05, 4.69) is 30.2 Å². The third kappa shape index (κ3) is 2.94. The van der Waals surface area contributed by atoms with E-state index in [-0.39, 0.29) is 0 Å². The molecule has 0 fully saturated rings. The van der Waals surface area contributed by atoms with Gasteiger partial charge in [0.15, 0.2) is 4.34 Å². The Morgan fingerprint density at radius 2 is 2.25 bits per heavy atom. The lowest BCUT2D eigenvalue weighted by molar-refractivity contribution is 0.823. The minimum absolute atomic E-state index is 0.535. The second kappa shape index (κ2) is 5.97. The normalized spacial score (nSPS) is 10.7. The molecule has 0 aromatic carbocycles. The van der Waals surface area contributed by atoms with E-state index >= 15 is 0 Å². The molecule has 0 amide bonds. The summed E-state index contributed by atoms with van der Waals surface area (Å²) in [5.41, 5.74) is 0. The minimum Gasteiger partial charge on any atom is -0.354 e. The number of nitrogens with zero attached hydrogens (tertiary/aromatic N) is 6. The number of anilines is 1. The van der Waals surface area contributed by atoms with Crippen molar-refractivity contribution in [1.82, 2.24) is 29.5 Å². The molecule has 3 rings (SSSR count). The first-order chi connectivity index (χ1) is 9.85. The first-order valence-corrected chi connectivity index (χ1v) is 7.60. The predicted molar refractivity (Wildman–Crippen MR) is 77.3 cm³/mol. The van der Waals surface area contributed by atoms with Crippen LogP contribution in [0.1, 0.15) is 6.92 Å². The average molecular weight is 305 g/mol. The second-order valence-corrected chi connectivity index (χ2v) is 5.75. The van der Waals surface area contributed by atoms with Gasteiger partial charge in [-0.2, -0.15) is 15.0 Å². The summed E-state index contributed by atoms with van der Waals surface area (Å²) in [6.45, 7) is 2.74. The van der Waals surface area contributed by atoms with Gasteiger partial charge in [-0.05, 0) is 18.7 Å². The van der Waals surface area contributed by atoms with Crippen LogP contribution in [-0.4, -0.2) is 36.0 Å². The maximum atomic E-state index is 4.42. The van der Waals surface area contributed by atoms with E-state index in [1.807, 2.05) is 12.3 Å². The Morgan fingerprint density at radius 3 is 2.95 bits per heavy atom. The minimum atomic E-state index is 0.535. The lowest BCUT2D eigenvalue weighted by atomic mass is 10.7. The van der Waals surface area contributed by atoms with Crippen LogP contribution in [0, 0.1) is 0 Å². The van der Waals surface area contributed by atoms with E-state index in [1.54, 1.807) is 40.8 Å². The molecule has 3 heterocycles. The fraction of sp³-hybridized carbons (Fsp3) is 0.182. The molecular weight excluding hydrogens is 294 g/mol. The Hall–Kier alpha value is -2.00. The van der Waals surface area contributed by atoms with Gasteiger partial charge >= 0.3 is 0 Å². The number of rotatable bonds is 5. The number of aromatic nitrogens is 6. The molecule has 3 aromatic rings. The number of thiazole rings is 1. The second-order valence-electron chi connectivity index (χ2n) is 3.64. The first kappa shape index (κ1) is 13.0. The maximum absolute atomic E-state index is 4.42. The van der Waals surface area contributed by atoms with Crippen LogP contribution in [0.15, 0.2) is 39.8 Å². The maximum Gasteiger partial charge on any atom is 0.240 e. The molecule has 0 bridgehead atoms. The molecule has 0 saturated heterocycles. The lowest BCUT2D eigenvalue weighted by Gasteiger charge is -2.06. The zero-order valence-corrected chi connectivity index (χ0v) is 12.2. The predicted octanol–water partition coefficient (Wildman–Crippen LogP) is 2.10. The van der Waals surface area contributed by atoms with Gasteiger partial charge in [0.2, 0.25) is 17.1 Å². The highest BCUT2D eigenvalue weighted by molar-refractivity contribution is 8.00. The average Bonchev–Trinajstić information content (AvgIpc) is 3.11. The summed E-state index contributed by atoms with van der Waals surface area (Å²) in [6, 6.07) is 0. The fourth-order valence-electron chi connectivity index (χ4n) is 1.46. The van der Waals surface area contributed by atoms with E-state index in [9.17, 15) is 0 Å². The molecule has 0 aliphatic carbocycles. The van der Waals surface area contributed by atoms with E-state index in [4.69, 9.17) is 0 Å². The van der Waals surface area contributed by atoms with Gasteiger partial charge in [0.1, 0.15) is 6.33 Å². The summed E-state index contributed by atoms with van der Waals surface area (Å²) in [4.78, 5) is 21.4. The zero-order chi connectivity index (χ0) is 13.8. The summed E-state index contributed by atoms with van der Waals surface area (Å²) < 4.78 is 2.64. The van der Waals surface area contributed by atoms with Crippen molar-refractivity contribution in [1.29, 1.82) is 0 Å². The van der Waals surface area contributed by atoms with Gasteiger partial charge in [0.25, 0.3) is 0 Å². The van der Waals surface area contributed by atoms with Crippen LogP contribution in [0.5, 0.6) is 0 Å². The van der Waals surface area contributed by atoms with Gasteiger partial charge in [0, 0.05) is 30.5 Å². The topological polar surface area (TPSA) is 81.4 Å². The summed E-state index contributed by atoms with van der Waals surface area (Å²) in [5.74, 6) is 1.08. The van der Waals surface area contributed by atoms with Crippen LogP contribution in [0.2, 0.25) is 0 Å². The smallest absolute Gasteiger partial charge is 0.240 e. The molecule has 0 unspecified atom stereocenters.